The monoisotopic (exact) mass is 371 g/mol. The SMILES string of the molecule is OC(CC(Nc1ccc(Cl)cc1)c1ccc(Cl)cc1)c1ccccc1. The third-order valence-corrected chi connectivity index (χ3v) is 4.60. The molecular weight excluding hydrogens is 353 g/mol. The van der Waals surface area contributed by atoms with Crippen molar-refractivity contribution in [3.05, 3.63) is 100 Å². The first-order valence-electron chi connectivity index (χ1n) is 8.12. The van der Waals surface area contributed by atoms with Crippen molar-refractivity contribution in [3.63, 3.8) is 0 Å². The van der Waals surface area contributed by atoms with E-state index in [-0.39, 0.29) is 6.04 Å². The summed E-state index contributed by atoms with van der Waals surface area (Å²) in [6.07, 6.45) is -0.0319. The van der Waals surface area contributed by atoms with E-state index in [2.05, 4.69) is 5.32 Å². The van der Waals surface area contributed by atoms with Gasteiger partial charge >= 0.3 is 0 Å². The average Bonchev–Trinajstić information content (AvgIpc) is 2.64. The fraction of sp³-hybridized carbons (Fsp3) is 0.143. The third kappa shape index (κ3) is 4.99. The molecule has 0 radical (unpaired) electrons. The number of benzene rings is 3. The molecule has 0 saturated carbocycles. The summed E-state index contributed by atoms with van der Waals surface area (Å²) in [5.74, 6) is 0. The van der Waals surface area contributed by atoms with Gasteiger partial charge in [-0.05, 0) is 47.5 Å². The van der Waals surface area contributed by atoms with E-state index in [1.165, 1.54) is 0 Å². The molecule has 2 nitrogen and oxygen atoms in total. The Hall–Kier alpha value is -2.00. The Balaban J connectivity index is 1.83. The highest BCUT2D eigenvalue weighted by Crippen LogP contribution is 2.30. The highest BCUT2D eigenvalue weighted by molar-refractivity contribution is 6.30. The van der Waals surface area contributed by atoms with Crippen molar-refractivity contribution in [1.82, 2.24) is 0 Å². The smallest absolute Gasteiger partial charge is 0.0812 e. The summed E-state index contributed by atoms with van der Waals surface area (Å²) in [5.41, 5.74) is 2.92. The summed E-state index contributed by atoms with van der Waals surface area (Å²) < 4.78 is 0. The molecule has 0 aliphatic rings. The minimum atomic E-state index is -0.568. The molecule has 2 unspecified atom stereocenters. The topological polar surface area (TPSA) is 32.3 Å². The Bertz CT molecular complexity index is 788. The van der Waals surface area contributed by atoms with Crippen LogP contribution in [-0.2, 0) is 0 Å². The van der Waals surface area contributed by atoms with Crippen molar-refractivity contribution in [1.29, 1.82) is 0 Å². The van der Waals surface area contributed by atoms with Gasteiger partial charge in [0.1, 0.15) is 0 Å². The minimum absolute atomic E-state index is 0.0614. The zero-order valence-corrected chi connectivity index (χ0v) is 15.1. The van der Waals surface area contributed by atoms with Crippen LogP contribution >= 0.6 is 23.2 Å². The normalized spacial score (nSPS) is 13.2. The molecule has 0 amide bonds. The van der Waals surface area contributed by atoms with Gasteiger partial charge < -0.3 is 10.4 Å². The second-order valence-electron chi connectivity index (χ2n) is 5.92. The van der Waals surface area contributed by atoms with Gasteiger partial charge in [-0.3, -0.25) is 0 Å². The van der Waals surface area contributed by atoms with Crippen molar-refractivity contribution < 1.29 is 5.11 Å². The van der Waals surface area contributed by atoms with Gasteiger partial charge in [-0.1, -0.05) is 65.7 Å². The maximum Gasteiger partial charge on any atom is 0.0812 e. The van der Waals surface area contributed by atoms with Gasteiger partial charge in [-0.25, -0.2) is 0 Å². The fourth-order valence-electron chi connectivity index (χ4n) is 2.76. The number of rotatable bonds is 6. The van der Waals surface area contributed by atoms with Gasteiger partial charge in [-0.2, -0.15) is 0 Å². The van der Waals surface area contributed by atoms with Crippen molar-refractivity contribution in [2.75, 3.05) is 5.32 Å². The molecule has 128 valence electrons. The van der Waals surface area contributed by atoms with E-state index in [4.69, 9.17) is 23.2 Å². The number of aliphatic hydroxyl groups excluding tert-OH is 1. The van der Waals surface area contributed by atoms with Crippen molar-refractivity contribution >= 4 is 28.9 Å². The van der Waals surface area contributed by atoms with Crippen LogP contribution in [-0.4, -0.2) is 5.11 Å². The molecular formula is C21H19Cl2NO. The van der Waals surface area contributed by atoms with E-state index in [1.807, 2.05) is 78.9 Å². The molecule has 2 N–H and O–H groups in total. The number of aliphatic hydroxyl groups is 1. The molecule has 4 heteroatoms. The van der Waals surface area contributed by atoms with E-state index in [0.717, 1.165) is 16.8 Å². The van der Waals surface area contributed by atoms with Gasteiger partial charge in [-0.15, -0.1) is 0 Å². The maximum atomic E-state index is 10.6. The zero-order chi connectivity index (χ0) is 17.6. The third-order valence-electron chi connectivity index (χ3n) is 4.10. The van der Waals surface area contributed by atoms with Crippen molar-refractivity contribution in [2.24, 2.45) is 0 Å². The van der Waals surface area contributed by atoms with Gasteiger partial charge in [0, 0.05) is 22.2 Å². The molecule has 3 rings (SSSR count). The largest absolute Gasteiger partial charge is 0.388 e. The Kier molecular flexibility index (Phi) is 5.98. The van der Waals surface area contributed by atoms with Crippen LogP contribution in [0.3, 0.4) is 0 Å². The molecule has 0 fully saturated rings. The second kappa shape index (κ2) is 8.39. The number of anilines is 1. The average molecular weight is 372 g/mol. The van der Waals surface area contributed by atoms with Crippen LogP contribution in [0.4, 0.5) is 5.69 Å². The summed E-state index contributed by atoms with van der Waals surface area (Å²) >= 11 is 12.0. The van der Waals surface area contributed by atoms with Crippen LogP contribution in [0.2, 0.25) is 10.0 Å². The summed E-state index contributed by atoms with van der Waals surface area (Å²) in [6.45, 7) is 0. The van der Waals surface area contributed by atoms with Crippen molar-refractivity contribution in [3.8, 4) is 0 Å². The molecule has 0 aromatic heterocycles. The van der Waals surface area contributed by atoms with Crippen LogP contribution in [0.15, 0.2) is 78.9 Å². The number of hydrogen-bond donors (Lipinski definition) is 2. The predicted octanol–water partition coefficient (Wildman–Crippen LogP) is 6.27. The highest BCUT2D eigenvalue weighted by atomic mass is 35.5. The van der Waals surface area contributed by atoms with E-state index < -0.39 is 6.10 Å². The minimum Gasteiger partial charge on any atom is -0.388 e. The summed E-state index contributed by atoms with van der Waals surface area (Å²) in [4.78, 5) is 0. The van der Waals surface area contributed by atoms with Gasteiger partial charge in [0.2, 0.25) is 0 Å². The van der Waals surface area contributed by atoms with Gasteiger partial charge in [0.25, 0.3) is 0 Å². The lowest BCUT2D eigenvalue weighted by Crippen LogP contribution is -2.14. The van der Waals surface area contributed by atoms with E-state index in [9.17, 15) is 5.11 Å². The van der Waals surface area contributed by atoms with Gasteiger partial charge in [0.15, 0.2) is 0 Å². The summed E-state index contributed by atoms with van der Waals surface area (Å²) in [7, 11) is 0. The van der Waals surface area contributed by atoms with Crippen LogP contribution in [0.1, 0.15) is 29.7 Å². The molecule has 0 bridgehead atoms. The first-order chi connectivity index (χ1) is 12.1. The highest BCUT2D eigenvalue weighted by Gasteiger charge is 2.18. The second-order valence-corrected chi connectivity index (χ2v) is 6.79. The number of nitrogens with one attached hydrogen (secondary N) is 1. The quantitative estimate of drug-likeness (QED) is 0.534. The first kappa shape index (κ1) is 17.8. The number of halogens is 2. The van der Waals surface area contributed by atoms with E-state index >= 15 is 0 Å². The lowest BCUT2D eigenvalue weighted by molar-refractivity contribution is 0.160. The first-order valence-corrected chi connectivity index (χ1v) is 8.88. The molecule has 2 atom stereocenters. The molecule has 0 heterocycles. The maximum absolute atomic E-state index is 10.6. The molecule has 25 heavy (non-hydrogen) atoms. The Labute approximate surface area is 158 Å². The lowest BCUT2D eigenvalue weighted by atomic mass is 9.96. The van der Waals surface area contributed by atoms with Crippen LogP contribution < -0.4 is 5.32 Å². The van der Waals surface area contributed by atoms with E-state index in [1.54, 1.807) is 0 Å². The molecule has 0 aliphatic carbocycles. The Morgan fingerprint density at radius 2 is 1.28 bits per heavy atom. The molecule has 0 spiro atoms. The van der Waals surface area contributed by atoms with Crippen LogP contribution in [0, 0.1) is 0 Å². The Morgan fingerprint density at radius 1 is 0.720 bits per heavy atom. The zero-order valence-electron chi connectivity index (χ0n) is 13.6. The summed E-state index contributed by atoms with van der Waals surface area (Å²) in [5, 5.41) is 15.5. The van der Waals surface area contributed by atoms with Crippen molar-refractivity contribution in [2.45, 2.75) is 18.6 Å². The molecule has 3 aromatic rings. The standard InChI is InChI=1S/C21H19Cl2NO/c22-17-8-6-15(7-9-17)20(24-19-12-10-18(23)11-13-19)14-21(25)16-4-2-1-3-5-16/h1-13,20-21,24-25H,14H2. The molecule has 0 saturated heterocycles. The predicted molar refractivity (Wildman–Crippen MR) is 105 cm³/mol. The van der Waals surface area contributed by atoms with E-state index in [0.29, 0.717) is 16.5 Å². The van der Waals surface area contributed by atoms with Crippen LogP contribution in [0.5, 0.6) is 0 Å². The Morgan fingerprint density at radius 3 is 1.88 bits per heavy atom. The summed E-state index contributed by atoms with van der Waals surface area (Å²) in [6, 6.07) is 24.9. The fourth-order valence-corrected chi connectivity index (χ4v) is 3.01. The van der Waals surface area contributed by atoms with Gasteiger partial charge in [0.05, 0.1) is 12.1 Å². The molecule has 0 aliphatic heterocycles. The number of hydrogen-bond acceptors (Lipinski definition) is 2. The lowest BCUT2D eigenvalue weighted by Gasteiger charge is -2.24. The molecule has 3 aromatic carbocycles. The van der Waals surface area contributed by atoms with Crippen LogP contribution in [0.25, 0.3) is 0 Å².